The first-order valence-corrected chi connectivity index (χ1v) is 13.0. The third-order valence-electron chi connectivity index (χ3n) is 7.09. The molecule has 0 bridgehead atoms. The van der Waals surface area contributed by atoms with Gasteiger partial charge in [-0.05, 0) is 66.4 Å². The quantitative estimate of drug-likeness (QED) is 0.141. The molecule has 1 heterocycles. The molecule has 0 aliphatic carbocycles. The molecule has 0 saturated carbocycles. The second kappa shape index (κ2) is 11.4. The Bertz CT molecular complexity index is 1670. The summed E-state index contributed by atoms with van der Waals surface area (Å²) in [5, 5.41) is 26.7. The predicted octanol–water partition coefficient (Wildman–Crippen LogP) is 6.06. The van der Waals surface area contributed by atoms with Gasteiger partial charge in [0.05, 0.1) is 11.1 Å². The predicted molar refractivity (Wildman–Crippen MR) is 159 cm³/mol. The minimum Gasteiger partial charge on any atom is -0.372 e. The first-order valence-electron chi connectivity index (χ1n) is 13.0. The number of hydrogen-bond donors (Lipinski definition) is 2. The first kappa shape index (κ1) is 27.2. The Hall–Kier alpha value is -5.34. The molecule has 8 heteroatoms. The Labute approximate surface area is 237 Å². The van der Waals surface area contributed by atoms with Crippen LogP contribution in [0.4, 0.5) is 5.69 Å². The number of aliphatic hydroxyl groups is 1. The molecule has 0 aliphatic rings. The van der Waals surface area contributed by atoms with Crippen molar-refractivity contribution in [1.29, 1.82) is 0 Å². The summed E-state index contributed by atoms with van der Waals surface area (Å²) in [6, 6.07) is 33.9. The SMILES string of the molecule is Cc1cc(/C=N\NC(=O)C(O)(c2ccccc2)c2ccccc2)c(C)n1-c1ccc(-c2ccc([N+](=O)[O-])cc2)cc1. The van der Waals surface area contributed by atoms with E-state index in [0.717, 1.165) is 33.8 Å². The second-order valence-electron chi connectivity index (χ2n) is 9.65. The van der Waals surface area contributed by atoms with Gasteiger partial charge in [0.15, 0.2) is 5.60 Å². The Morgan fingerprint density at radius 1 is 0.854 bits per heavy atom. The Morgan fingerprint density at radius 2 is 1.37 bits per heavy atom. The molecule has 0 spiro atoms. The van der Waals surface area contributed by atoms with Crippen LogP contribution in [0.15, 0.2) is 120 Å². The lowest BCUT2D eigenvalue weighted by Crippen LogP contribution is -2.43. The zero-order valence-electron chi connectivity index (χ0n) is 22.6. The number of nitro groups is 1. The zero-order chi connectivity index (χ0) is 29.0. The highest BCUT2D eigenvalue weighted by atomic mass is 16.6. The highest BCUT2D eigenvalue weighted by Gasteiger charge is 2.39. The maximum Gasteiger partial charge on any atom is 0.281 e. The molecule has 1 aromatic heterocycles. The molecule has 4 aromatic carbocycles. The van der Waals surface area contributed by atoms with Crippen LogP contribution in [-0.2, 0) is 10.4 Å². The van der Waals surface area contributed by atoms with Crippen LogP contribution in [0.25, 0.3) is 16.8 Å². The fourth-order valence-corrected chi connectivity index (χ4v) is 4.92. The third kappa shape index (κ3) is 5.41. The summed E-state index contributed by atoms with van der Waals surface area (Å²) < 4.78 is 2.08. The van der Waals surface area contributed by atoms with Crippen LogP contribution in [0.5, 0.6) is 0 Å². The standard InChI is InChI=1S/C33H28N4O4/c1-23-21-27(22-34-35-32(38)33(39,28-9-5-3-6-10-28)29-11-7-4-8-12-29)24(2)36(23)30-17-13-25(14-18-30)26-15-19-31(20-16-26)37(40)41/h3-22,39H,1-2H3,(H,35,38)/b34-22-. The molecule has 0 atom stereocenters. The van der Waals surface area contributed by atoms with E-state index in [1.165, 1.54) is 12.1 Å². The van der Waals surface area contributed by atoms with Gasteiger partial charge in [0.2, 0.25) is 0 Å². The largest absolute Gasteiger partial charge is 0.372 e. The number of carbonyl (C=O) groups excluding carboxylic acids is 1. The van der Waals surface area contributed by atoms with E-state index in [9.17, 15) is 20.0 Å². The number of nitrogens with one attached hydrogen (secondary N) is 1. The average Bonchev–Trinajstić information content (AvgIpc) is 3.29. The van der Waals surface area contributed by atoms with E-state index in [0.29, 0.717) is 11.1 Å². The van der Waals surface area contributed by atoms with Gasteiger partial charge in [-0.3, -0.25) is 14.9 Å². The van der Waals surface area contributed by atoms with E-state index in [1.54, 1.807) is 66.9 Å². The topological polar surface area (TPSA) is 110 Å². The normalized spacial score (nSPS) is 11.5. The number of nitro benzene ring substituents is 1. The van der Waals surface area contributed by atoms with Crippen LogP contribution in [0, 0.1) is 24.0 Å². The van der Waals surface area contributed by atoms with Gasteiger partial charge in [0.1, 0.15) is 0 Å². The summed E-state index contributed by atoms with van der Waals surface area (Å²) in [5.74, 6) is -0.665. The molecular formula is C33H28N4O4. The molecule has 41 heavy (non-hydrogen) atoms. The van der Waals surface area contributed by atoms with Crippen molar-refractivity contribution in [1.82, 2.24) is 9.99 Å². The Kier molecular flexibility index (Phi) is 7.58. The molecule has 8 nitrogen and oxygen atoms in total. The summed E-state index contributed by atoms with van der Waals surface area (Å²) in [4.78, 5) is 23.8. The number of hydrazone groups is 1. The van der Waals surface area contributed by atoms with Crippen molar-refractivity contribution in [3.8, 4) is 16.8 Å². The first-order chi connectivity index (χ1) is 19.8. The van der Waals surface area contributed by atoms with E-state index in [-0.39, 0.29) is 5.69 Å². The molecule has 5 aromatic rings. The number of benzene rings is 4. The summed E-state index contributed by atoms with van der Waals surface area (Å²) in [5.41, 5.74) is 7.03. The van der Waals surface area contributed by atoms with Crippen LogP contribution in [-0.4, -0.2) is 26.7 Å². The van der Waals surface area contributed by atoms with Crippen molar-refractivity contribution in [3.05, 3.63) is 153 Å². The number of rotatable bonds is 8. The number of amides is 1. The number of nitrogens with zero attached hydrogens (tertiary/aromatic N) is 3. The second-order valence-corrected chi connectivity index (χ2v) is 9.65. The van der Waals surface area contributed by atoms with Crippen molar-refractivity contribution >= 4 is 17.8 Å². The molecule has 1 amide bonds. The molecule has 0 aliphatic heterocycles. The molecule has 0 saturated heterocycles. The Balaban J connectivity index is 1.36. The monoisotopic (exact) mass is 544 g/mol. The van der Waals surface area contributed by atoms with Crippen molar-refractivity contribution in [2.45, 2.75) is 19.4 Å². The van der Waals surface area contributed by atoms with Crippen molar-refractivity contribution in [2.24, 2.45) is 5.10 Å². The summed E-state index contributed by atoms with van der Waals surface area (Å²) >= 11 is 0. The number of hydrogen-bond acceptors (Lipinski definition) is 5. The summed E-state index contributed by atoms with van der Waals surface area (Å²) in [6.45, 7) is 3.95. The summed E-state index contributed by atoms with van der Waals surface area (Å²) in [7, 11) is 0. The van der Waals surface area contributed by atoms with Gasteiger partial charge in [-0.1, -0.05) is 72.8 Å². The van der Waals surface area contributed by atoms with Gasteiger partial charge >= 0.3 is 0 Å². The van der Waals surface area contributed by atoms with Crippen LogP contribution >= 0.6 is 0 Å². The van der Waals surface area contributed by atoms with Gasteiger partial charge in [-0.2, -0.15) is 5.10 Å². The lowest BCUT2D eigenvalue weighted by molar-refractivity contribution is -0.384. The van der Waals surface area contributed by atoms with Gasteiger partial charge in [0, 0.05) is 34.8 Å². The molecule has 2 N–H and O–H groups in total. The molecule has 204 valence electrons. The third-order valence-corrected chi connectivity index (χ3v) is 7.09. The molecule has 0 fully saturated rings. The van der Waals surface area contributed by atoms with Gasteiger partial charge in [-0.15, -0.1) is 0 Å². The van der Waals surface area contributed by atoms with Crippen LogP contribution in [0.3, 0.4) is 0 Å². The van der Waals surface area contributed by atoms with E-state index >= 15 is 0 Å². The average molecular weight is 545 g/mol. The van der Waals surface area contributed by atoms with Gasteiger partial charge < -0.3 is 9.67 Å². The lowest BCUT2D eigenvalue weighted by Gasteiger charge is -2.27. The number of carbonyl (C=O) groups is 1. The fraction of sp³-hybridized carbons (Fsp3) is 0.0909. The lowest BCUT2D eigenvalue weighted by atomic mass is 9.85. The summed E-state index contributed by atoms with van der Waals surface area (Å²) in [6.07, 6.45) is 1.57. The van der Waals surface area contributed by atoms with E-state index in [2.05, 4.69) is 15.1 Å². The van der Waals surface area contributed by atoms with Crippen LogP contribution in [0.1, 0.15) is 28.1 Å². The van der Waals surface area contributed by atoms with Gasteiger partial charge in [-0.25, -0.2) is 5.43 Å². The highest BCUT2D eigenvalue weighted by Crippen LogP contribution is 2.30. The Morgan fingerprint density at radius 3 is 1.88 bits per heavy atom. The maximum atomic E-state index is 13.3. The molecule has 0 radical (unpaired) electrons. The molecule has 0 unspecified atom stereocenters. The minimum atomic E-state index is -1.91. The number of aromatic nitrogens is 1. The van der Waals surface area contributed by atoms with Crippen LogP contribution < -0.4 is 5.43 Å². The maximum absolute atomic E-state index is 13.3. The van der Waals surface area contributed by atoms with E-state index in [4.69, 9.17) is 0 Å². The van der Waals surface area contributed by atoms with Crippen molar-refractivity contribution < 1.29 is 14.8 Å². The van der Waals surface area contributed by atoms with E-state index in [1.807, 2.05) is 56.3 Å². The van der Waals surface area contributed by atoms with Gasteiger partial charge in [0.25, 0.3) is 11.6 Å². The van der Waals surface area contributed by atoms with Crippen molar-refractivity contribution in [3.63, 3.8) is 0 Å². The highest BCUT2D eigenvalue weighted by molar-refractivity contribution is 5.91. The number of aryl methyl sites for hydroxylation is 1. The van der Waals surface area contributed by atoms with Crippen LogP contribution in [0.2, 0.25) is 0 Å². The molecule has 5 rings (SSSR count). The minimum absolute atomic E-state index is 0.0548. The fourth-order valence-electron chi connectivity index (χ4n) is 4.92. The van der Waals surface area contributed by atoms with Crippen molar-refractivity contribution in [2.75, 3.05) is 0 Å². The van der Waals surface area contributed by atoms with E-state index < -0.39 is 16.4 Å². The zero-order valence-corrected chi connectivity index (χ0v) is 22.6. The molecular weight excluding hydrogens is 516 g/mol. The smallest absolute Gasteiger partial charge is 0.281 e. The number of non-ortho nitro benzene ring substituents is 1.